The fraction of sp³-hybridized carbons (Fsp3) is 0.0317. The van der Waals surface area contributed by atoms with Crippen molar-refractivity contribution >= 4 is 0 Å². The predicted octanol–water partition coefficient (Wildman–Crippen LogP) is 15.0. The zero-order chi connectivity index (χ0) is 45.0. The lowest BCUT2D eigenvalue weighted by Crippen LogP contribution is -2.27. The van der Waals surface area contributed by atoms with Crippen molar-refractivity contribution in [1.82, 2.24) is 24.9 Å². The summed E-state index contributed by atoms with van der Waals surface area (Å²) in [6, 6.07) is 83.5. The highest BCUT2D eigenvalue weighted by molar-refractivity contribution is 5.85. The van der Waals surface area contributed by atoms with E-state index in [2.05, 4.69) is 194 Å². The van der Waals surface area contributed by atoms with Crippen LogP contribution in [0.1, 0.15) is 45.2 Å². The van der Waals surface area contributed by atoms with Crippen LogP contribution in [0.15, 0.2) is 237 Å². The molecule has 2 aromatic heterocycles. The predicted molar refractivity (Wildman–Crippen MR) is 274 cm³/mol. The van der Waals surface area contributed by atoms with Gasteiger partial charge in [-0.1, -0.05) is 218 Å². The highest BCUT2D eigenvalue weighted by Gasteiger charge is 2.41. The number of hydrogen-bond acceptors (Lipinski definition) is 5. The third-order valence-corrected chi connectivity index (χ3v) is 13.6. The van der Waals surface area contributed by atoms with Crippen LogP contribution in [0.3, 0.4) is 0 Å². The number of nitrogens with zero attached hydrogens (tertiary/aromatic N) is 5. The first kappa shape index (κ1) is 39.4. The highest BCUT2D eigenvalue weighted by atomic mass is 15.0. The van der Waals surface area contributed by atoms with E-state index in [4.69, 9.17) is 24.9 Å². The van der Waals surface area contributed by atoms with Crippen molar-refractivity contribution in [2.45, 2.75) is 11.8 Å². The Morgan fingerprint density at radius 3 is 1.10 bits per heavy atom. The molecule has 2 bridgehead atoms. The van der Waals surface area contributed by atoms with Crippen LogP contribution in [0, 0.1) is 0 Å². The van der Waals surface area contributed by atoms with Crippen LogP contribution in [0.4, 0.5) is 0 Å². The van der Waals surface area contributed by atoms with Crippen molar-refractivity contribution in [2.75, 3.05) is 0 Å². The molecule has 0 aliphatic heterocycles. The minimum Gasteiger partial charge on any atom is -0.228 e. The van der Waals surface area contributed by atoms with Gasteiger partial charge in [0.2, 0.25) is 0 Å². The number of aromatic nitrogens is 5. The second-order valence-electron chi connectivity index (χ2n) is 17.5. The molecule has 14 rings (SSSR count). The Morgan fingerprint density at radius 2 is 0.559 bits per heavy atom. The summed E-state index contributed by atoms with van der Waals surface area (Å²) in [6.07, 6.45) is 0. The molecule has 0 amide bonds. The summed E-state index contributed by atoms with van der Waals surface area (Å²) in [7, 11) is 0. The minimum atomic E-state index is 0.0419. The van der Waals surface area contributed by atoms with Crippen molar-refractivity contribution in [3.8, 4) is 90.3 Å². The first-order chi connectivity index (χ1) is 33.7. The van der Waals surface area contributed by atoms with Gasteiger partial charge in [-0.2, -0.15) is 0 Å². The maximum Gasteiger partial charge on any atom is 0.164 e. The molecule has 318 valence electrons. The fourth-order valence-electron chi connectivity index (χ4n) is 10.3. The Kier molecular flexibility index (Phi) is 9.57. The molecule has 0 N–H and O–H groups in total. The smallest absolute Gasteiger partial charge is 0.164 e. The summed E-state index contributed by atoms with van der Waals surface area (Å²) < 4.78 is 0. The standard InChI is InChI=1S/C63H41N5/c1-5-17-40(18-6-1)41-29-31-42(32-30-41)48-25-13-14-26-49(48)57-39-56(64-60(65-57)43-19-7-2-8-20-43)46-33-35-52-54(37-46)58-50-27-15-16-28-51(50)59(52)55-38-47(34-36-53(55)58)63-67-61(44-21-9-3-10-22-44)66-62(68-63)45-23-11-4-12-24-45/h1-39,58-59H. The van der Waals surface area contributed by atoms with E-state index in [1.165, 1.54) is 44.5 Å². The van der Waals surface area contributed by atoms with E-state index in [0.29, 0.717) is 23.3 Å². The zero-order valence-electron chi connectivity index (χ0n) is 36.9. The maximum atomic E-state index is 5.32. The normalized spacial score (nSPS) is 14.2. The van der Waals surface area contributed by atoms with Crippen LogP contribution in [0.5, 0.6) is 0 Å². The molecule has 0 saturated heterocycles. The molecular formula is C63H41N5. The molecule has 11 aromatic rings. The molecule has 68 heavy (non-hydrogen) atoms. The fourth-order valence-corrected chi connectivity index (χ4v) is 10.3. The van der Waals surface area contributed by atoms with E-state index in [-0.39, 0.29) is 11.8 Å². The molecule has 9 aromatic carbocycles. The number of hydrogen-bond donors (Lipinski definition) is 0. The largest absolute Gasteiger partial charge is 0.228 e. The van der Waals surface area contributed by atoms with Crippen molar-refractivity contribution in [3.63, 3.8) is 0 Å². The quantitative estimate of drug-likeness (QED) is 0.152. The third-order valence-electron chi connectivity index (χ3n) is 13.6. The molecule has 3 aliphatic carbocycles. The Balaban J connectivity index is 0.920. The molecule has 2 atom stereocenters. The molecule has 5 nitrogen and oxygen atoms in total. The van der Waals surface area contributed by atoms with Crippen LogP contribution < -0.4 is 0 Å². The van der Waals surface area contributed by atoms with Gasteiger partial charge in [0.1, 0.15) is 0 Å². The Hall–Kier alpha value is -8.93. The van der Waals surface area contributed by atoms with Gasteiger partial charge < -0.3 is 0 Å². The topological polar surface area (TPSA) is 64.5 Å². The third kappa shape index (κ3) is 6.92. The van der Waals surface area contributed by atoms with E-state index < -0.39 is 0 Å². The van der Waals surface area contributed by atoms with E-state index in [1.807, 2.05) is 42.5 Å². The summed E-state index contributed by atoms with van der Waals surface area (Å²) in [6.45, 7) is 0. The van der Waals surface area contributed by atoms with Gasteiger partial charge in [-0.25, -0.2) is 24.9 Å². The van der Waals surface area contributed by atoms with Crippen LogP contribution in [-0.2, 0) is 0 Å². The molecule has 0 spiro atoms. The monoisotopic (exact) mass is 867 g/mol. The number of rotatable bonds is 8. The van der Waals surface area contributed by atoms with Crippen molar-refractivity contribution in [2.24, 2.45) is 0 Å². The van der Waals surface area contributed by atoms with Gasteiger partial charge in [0.25, 0.3) is 0 Å². The van der Waals surface area contributed by atoms with Gasteiger partial charge in [-0.15, -0.1) is 0 Å². The van der Waals surface area contributed by atoms with Crippen molar-refractivity contribution in [1.29, 1.82) is 0 Å². The minimum absolute atomic E-state index is 0.0419. The van der Waals surface area contributed by atoms with Gasteiger partial charge in [0, 0.05) is 45.2 Å². The molecule has 5 heteroatoms. The van der Waals surface area contributed by atoms with Gasteiger partial charge in [0.15, 0.2) is 23.3 Å². The van der Waals surface area contributed by atoms with E-state index in [9.17, 15) is 0 Å². The molecule has 3 aliphatic rings. The molecule has 2 unspecified atom stereocenters. The average molecular weight is 868 g/mol. The molecule has 2 heterocycles. The zero-order valence-corrected chi connectivity index (χ0v) is 36.9. The lowest BCUT2D eigenvalue weighted by molar-refractivity contribution is 0.754. The molecule has 0 saturated carbocycles. The van der Waals surface area contributed by atoms with Gasteiger partial charge in [0.05, 0.1) is 11.4 Å². The molecule has 0 radical (unpaired) electrons. The molecule has 0 fully saturated rings. The number of benzene rings is 9. The van der Waals surface area contributed by atoms with Crippen LogP contribution in [0.2, 0.25) is 0 Å². The summed E-state index contributed by atoms with van der Waals surface area (Å²) >= 11 is 0. The van der Waals surface area contributed by atoms with E-state index in [0.717, 1.165) is 55.9 Å². The highest BCUT2D eigenvalue weighted by Crippen LogP contribution is 2.56. The van der Waals surface area contributed by atoms with Crippen molar-refractivity contribution in [3.05, 3.63) is 270 Å². The van der Waals surface area contributed by atoms with Gasteiger partial charge in [-0.3, -0.25) is 0 Å². The maximum absolute atomic E-state index is 5.32. The van der Waals surface area contributed by atoms with Crippen LogP contribution >= 0.6 is 0 Å². The first-order valence-electron chi connectivity index (χ1n) is 23.1. The Bertz CT molecular complexity index is 3610. The Labute approximate surface area is 395 Å². The van der Waals surface area contributed by atoms with Crippen LogP contribution in [0.25, 0.3) is 90.3 Å². The summed E-state index contributed by atoms with van der Waals surface area (Å²) in [5.41, 5.74) is 20.3. The molecular weight excluding hydrogens is 827 g/mol. The van der Waals surface area contributed by atoms with Crippen molar-refractivity contribution < 1.29 is 0 Å². The van der Waals surface area contributed by atoms with Crippen LogP contribution in [-0.4, -0.2) is 24.9 Å². The van der Waals surface area contributed by atoms with Gasteiger partial charge in [-0.05, 0) is 73.8 Å². The summed E-state index contributed by atoms with van der Waals surface area (Å²) in [5, 5.41) is 0. The lowest BCUT2D eigenvalue weighted by atomic mass is 9.60. The summed E-state index contributed by atoms with van der Waals surface area (Å²) in [4.78, 5) is 25.8. The van der Waals surface area contributed by atoms with E-state index >= 15 is 0 Å². The second kappa shape index (κ2) is 16.5. The Morgan fingerprint density at radius 1 is 0.206 bits per heavy atom. The van der Waals surface area contributed by atoms with Gasteiger partial charge >= 0.3 is 0 Å². The first-order valence-corrected chi connectivity index (χ1v) is 23.1. The second-order valence-corrected chi connectivity index (χ2v) is 17.5. The SMILES string of the molecule is c1ccc(-c2ccc(-c3ccccc3-c3cc(-c4ccc5c(c4)C4c6ccccc6C5c5cc(-c6nc(-c7ccccc7)nc(-c7ccccc7)n6)ccc54)nc(-c4ccccc4)n3)cc2)cc1. The lowest BCUT2D eigenvalue weighted by Gasteiger charge is -2.42. The van der Waals surface area contributed by atoms with E-state index in [1.54, 1.807) is 0 Å². The average Bonchev–Trinajstić information content (AvgIpc) is 3.43. The summed E-state index contributed by atoms with van der Waals surface area (Å²) in [5.74, 6) is 2.75.